The minimum absolute atomic E-state index is 0.166. The van der Waals surface area contributed by atoms with Crippen molar-refractivity contribution >= 4 is 0 Å². The SMILES string of the molecule is CC(=CCCC(C)=CCN1CCN(Cc2ccc3c(c2)OCO3)CC1)CO. The van der Waals surface area contributed by atoms with Gasteiger partial charge in [0, 0.05) is 39.3 Å². The number of ether oxygens (including phenoxy) is 2. The molecule has 0 aromatic heterocycles. The van der Waals surface area contributed by atoms with Crippen molar-refractivity contribution in [2.45, 2.75) is 33.2 Å². The van der Waals surface area contributed by atoms with Crippen molar-refractivity contribution in [3.05, 3.63) is 47.1 Å². The summed E-state index contributed by atoms with van der Waals surface area (Å²) in [6.07, 6.45) is 6.57. The highest BCUT2D eigenvalue weighted by molar-refractivity contribution is 5.44. The zero-order valence-electron chi connectivity index (χ0n) is 16.6. The first kappa shape index (κ1) is 19.9. The van der Waals surface area contributed by atoms with E-state index in [1.165, 1.54) is 11.1 Å². The van der Waals surface area contributed by atoms with Crippen molar-refractivity contribution in [2.75, 3.05) is 46.1 Å². The molecule has 0 saturated carbocycles. The zero-order chi connectivity index (χ0) is 19.1. The van der Waals surface area contributed by atoms with Gasteiger partial charge in [-0.25, -0.2) is 0 Å². The van der Waals surface area contributed by atoms with Gasteiger partial charge in [0.05, 0.1) is 6.61 Å². The molecule has 2 aliphatic heterocycles. The molecular weight excluding hydrogens is 340 g/mol. The lowest BCUT2D eigenvalue weighted by Crippen LogP contribution is -2.45. The molecule has 148 valence electrons. The van der Waals surface area contributed by atoms with Crippen LogP contribution in [-0.2, 0) is 6.54 Å². The summed E-state index contributed by atoms with van der Waals surface area (Å²) in [4.78, 5) is 5.03. The van der Waals surface area contributed by atoms with Gasteiger partial charge in [-0.2, -0.15) is 0 Å². The molecule has 1 N–H and O–H groups in total. The van der Waals surface area contributed by atoms with E-state index >= 15 is 0 Å². The van der Waals surface area contributed by atoms with Crippen molar-refractivity contribution in [1.82, 2.24) is 9.80 Å². The average molecular weight is 373 g/mol. The maximum Gasteiger partial charge on any atom is 0.231 e. The lowest BCUT2D eigenvalue weighted by molar-refractivity contribution is 0.136. The fraction of sp³-hybridized carbons (Fsp3) is 0.545. The summed E-state index contributed by atoms with van der Waals surface area (Å²) < 4.78 is 10.9. The number of fused-ring (bicyclic) bond motifs is 1. The molecule has 2 aliphatic rings. The number of nitrogens with zero attached hydrogens (tertiary/aromatic N) is 2. The van der Waals surface area contributed by atoms with Crippen molar-refractivity contribution in [2.24, 2.45) is 0 Å². The maximum absolute atomic E-state index is 9.02. The normalized spacial score (nSPS) is 18.9. The topological polar surface area (TPSA) is 45.2 Å². The number of allylic oxidation sites excluding steroid dienone is 2. The van der Waals surface area contributed by atoms with E-state index in [0.29, 0.717) is 6.79 Å². The number of hydrogen-bond donors (Lipinski definition) is 1. The Hall–Kier alpha value is -1.82. The van der Waals surface area contributed by atoms with Crippen molar-refractivity contribution in [1.29, 1.82) is 0 Å². The quantitative estimate of drug-likeness (QED) is 0.710. The Balaban J connectivity index is 1.38. The fourth-order valence-corrected chi connectivity index (χ4v) is 3.43. The molecule has 27 heavy (non-hydrogen) atoms. The molecule has 3 rings (SSSR count). The molecule has 0 bridgehead atoms. The Bertz CT molecular complexity index is 676. The van der Waals surface area contributed by atoms with Crippen molar-refractivity contribution < 1.29 is 14.6 Å². The van der Waals surface area contributed by atoms with E-state index in [0.717, 1.165) is 69.2 Å². The number of piperazine rings is 1. The molecular formula is C22H32N2O3. The standard InChI is InChI=1S/C22H32N2O3/c1-18(4-3-5-19(2)16-25)8-9-23-10-12-24(13-11-23)15-20-6-7-21-22(14-20)27-17-26-21/h5-8,14,25H,3-4,9-13,15-17H2,1-2H3. The van der Waals surface area contributed by atoms with Gasteiger partial charge in [-0.05, 0) is 44.4 Å². The number of rotatable bonds is 8. The van der Waals surface area contributed by atoms with E-state index in [9.17, 15) is 0 Å². The zero-order valence-corrected chi connectivity index (χ0v) is 16.6. The highest BCUT2D eigenvalue weighted by Gasteiger charge is 2.18. The van der Waals surface area contributed by atoms with E-state index in [-0.39, 0.29) is 6.61 Å². The predicted molar refractivity (Wildman–Crippen MR) is 108 cm³/mol. The van der Waals surface area contributed by atoms with E-state index < -0.39 is 0 Å². The van der Waals surface area contributed by atoms with Crippen LogP contribution in [0.15, 0.2) is 41.5 Å². The molecule has 1 aromatic carbocycles. The van der Waals surface area contributed by atoms with E-state index in [4.69, 9.17) is 14.6 Å². The molecule has 2 heterocycles. The number of benzene rings is 1. The second-order valence-corrected chi connectivity index (χ2v) is 7.56. The van der Waals surface area contributed by atoms with Gasteiger partial charge in [0.25, 0.3) is 0 Å². The molecule has 1 saturated heterocycles. The van der Waals surface area contributed by atoms with Crippen LogP contribution in [0.5, 0.6) is 11.5 Å². The number of hydrogen-bond acceptors (Lipinski definition) is 5. The fourth-order valence-electron chi connectivity index (χ4n) is 3.43. The second-order valence-electron chi connectivity index (χ2n) is 7.56. The first-order chi connectivity index (χ1) is 13.1. The average Bonchev–Trinajstić information content (AvgIpc) is 3.15. The third-order valence-corrected chi connectivity index (χ3v) is 5.29. The summed E-state index contributed by atoms with van der Waals surface area (Å²) in [6, 6.07) is 6.26. The van der Waals surface area contributed by atoms with Gasteiger partial charge >= 0.3 is 0 Å². The summed E-state index contributed by atoms with van der Waals surface area (Å²) in [5.41, 5.74) is 3.77. The lowest BCUT2D eigenvalue weighted by Gasteiger charge is -2.34. The largest absolute Gasteiger partial charge is 0.454 e. The second kappa shape index (κ2) is 9.93. The number of aliphatic hydroxyl groups excluding tert-OH is 1. The molecule has 0 amide bonds. The van der Waals surface area contributed by atoms with E-state index in [2.05, 4.69) is 41.0 Å². The van der Waals surface area contributed by atoms with Gasteiger partial charge in [-0.1, -0.05) is 29.4 Å². The van der Waals surface area contributed by atoms with Crippen LogP contribution in [-0.4, -0.2) is 61.0 Å². The Kier molecular flexibility index (Phi) is 7.33. The van der Waals surface area contributed by atoms with E-state index in [1.807, 2.05) is 13.0 Å². The minimum atomic E-state index is 0.166. The molecule has 0 spiro atoms. The van der Waals surface area contributed by atoms with Crippen LogP contribution in [0, 0.1) is 0 Å². The summed E-state index contributed by atoms with van der Waals surface area (Å²) in [5, 5.41) is 9.02. The Morgan fingerprint density at radius 3 is 2.52 bits per heavy atom. The number of aliphatic hydroxyl groups is 1. The highest BCUT2D eigenvalue weighted by Crippen LogP contribution is 2.32. The van der Waals surface area contributed by atoms with Gasteiger partial charge in [-0.15, -0.1) is 0 Å². The minimum Gasteiger partial charge on any atom is -0.454 e. The molecule has 0 aliphatic carbocycles. The first-order valence-electron chi connectivity index (χ1n) is 9.89. The van der Waals surface area contributed by atoms with Crippen LogP contribution in [0.4, 0.5) is 0 Å². The van der Waals surface area contributed by atoms with Crippen LogP contribution in [0.3, 0.4) is 0 Å². The van der Waals surface area contributed by atoms with Crippen molar-refractivity contribution in [3.63, 3.8) is 0 Å². The van der Waals surface area contributed by atoms with Gasteiger partial charge < -0.3 is 14.6 Å². The predicted octanol–water partition coefficient (Wildman–Crippen LogP) is 3.20. The van der Waals surface area contributed by atoms with Crippen LogP contribution < -0.4 is 9.47 Å². The van der Waals surface area contributed by atoms with Gasteiger partial charge in [0.2, 0.25) is 6.79 Å². The third-order valence-electron chi connectivity index (χ3n) is 5.29. The van der Waals surface area contributed by atoms with E-state index in [1.54, 1.807) is 0 Å². The third kappa shape index (κ3) is 6.09. The van der Waals surface area contributed by atoms with Crippen LogP contribution in [0.1, 0.15) is 32.3 Å². The molecule has 0 unspecified atom stereocenters. The summed E-state index contributed by atoms with van der Waals surface area (Å²) in [6.45, 7) is 11.1. The summed E-state index contributed by atoms with van der Waals surface area (Å²) in [5.74, 6) is 1.73. The van der Waals surface area contributed by atoms with Crippen molar-refractivity contribution in [3.8, 4) is 11.5 Å². The molecule has 5 nitrogen and oxygen atoms in total. The van der Waals surface area contributed by atoms with Gasteiger partial charge in [0.1, 0.15) is 0 Å². The lowest BCUT2D eigenvalue weighted by atomic mass is 10.1. The van der Waals surface area contributed by atoms with Gasteiger partial charge in [0.15, 0.2) is 11.5 Å². The Morgan fingerprint density at radius 2 is 1.74 bits per heavy atom. The Labute approximate surface area is 162 Å². The van der Waals surface area contributed by atoms with Crippen LogP contribution in [0.2, 0.25) is 0 Å². The smallest absolute Gasteiger partial charge is 0.231 e. The molecule has 1 fully saturated rings. The molecule has 0 atom stereocenters. The summed E-state index contributed by atoms with van der Waals surface area (Å²) in [7, 11) is 0. The van der Waals surface area contributed by atoms with Crippen LogP contribution in [0.25, 0.3) is 0 Å². The monoisotopic (exact) mass is 372 g/mol. The molecule has 0 radical (unpaired) electrons. The Morgan fingerprint density at radius 1 is 1.00 bits per heavy atom. The maximum atomic E-state index is 9.02. The molecule has 1 aromatic rings. The highest BCUT2D eigenvalue weighted by atomic mass is 16.7. The molecule has 5 heteroatoms. The first-order valence-corrected chi connectivity index (χ1v) is 9.89. The summed E-state index contributed by atoms with van der Waals surface area (Å²) >= 11 is 0. The van der Waals surface area contributed by atoms with Gasteiger partial charge in [-0.3, -0.25) is 9.80 Å². The van der Waals surface area contributed by atoms with Crippen LogP contribution >= 0.6 is 0 Å².